The Morgan fingerprint density at radius 2 is 1.09 bits per heavy atom. The summed E-state index contributed by atoms with van der Waals surface area (Å²) < 4.78 is 0. The number of aromatic hydroxyl groups is 2. The van der Waals surface area contributed by atoms with E-state index in [1.807, 2.05) is 0 Å². The maximum atomic E-state index is 11.7. The van der Waals surface area contributed by atoms with E-state index in [1.165, 1.54) is 24.3 Å². The second kappa shape index (κ2) is 5.25. The molecular weight excluding hydrogens is 284 g/mol. The Kier molecular flexibility index (Phi) is 3.27. The lowest BCUT2D eigenvalue weighted by Crippen LogP contribution is -2.35. The average Bonchev–Trinajstić information content (AvgIpc) is 2.50. The van der Waals surface area contributed by atoms with E-state index in [-0.39, 0.29) is 22.9 Å². The zero-order valence-electron chi connectivity index (χ0n) is 11.3. The summed E-state index contributed by atoms with van der Waals surface area (Å²) in [5.74, 6) is 0.0948. The molecule has 0 saturated heterocycles. The van der Waals surface area contributed by atoms with E-state index < -0.39 is 10.9 Å². The molecule has 0 atom stereocenters. The van der Waals surface area contributed by atoms with Crippen LogP contribution in [0.15, 0.2) is 58.1 Å². The van der Waals surface area contributed by atoms with Gasteiger partial charge in [-0.3, -0.25) is 9.59 Å². The molecule has 0 aliphatic carbocycles. The van der Waals surface area contributed by atoms with Crippen LogP contribution >= 0.6 is 0 Å². The first kappa shape index (κ1) is 13.7. The van der Waals surface area contributed by atoms with Crippen LogP contribution in [0.25, 0.3) is 0 Å². The van der Waals surface area contributed by atoms with Gasteiger partial charge in [0.05, 0.1) is 0 Å². The fourth-order valence-corrected chi connectivity index (χ4v) is 2.09. The molecule has 0 aliphatic rings. The number of hydrogen-bond donors (Lipinski definition) is 4. The van der Waals surface area contributed by atoms with Crippen molar-refractivity contribution in [2.24, 2.45) is 0 Å². The maximum absolute atomic E-state index is 11.7. The van der Waals surface area contributed by atoms with E-state index in [0.29, 0.717) is 11.4 Å². The lowest BCUT2D eigenvalue weighted by molar-refractivity contribution is 0.475. The van der Waals surface area contributed by atoms with E-state index in [2.05, 4.69) is 10.6 Å². The van der Waals surface area contributed by atoms with Gasteiger partial charge in [0.1, 0.15) is 22.9 Å². The molecule has 0 saturated carbocycles. The van der Waals surface area contributed by atoms with Crippen molar-refractivity contribution in [1.82, 2.24) is 0 Å². The SMILES string of the molecule is O=c1c(Nc2cccc(O)c2)c(Nc2cccc(O)c2)c1=O. The average molecular weight is 296 g/mol. The van der Waals surface area contributed by atoms with Gasteiger partial charge in [0, 0.05) is 23.5 Å². The molecule has 0 aromatic heterocycles. The molecule has 6 nitrogen and oxygen atoms in total. The molecule has 0 unspecified atom stereocenters. The highest BCUT2D eigenvalue weighted by molar-refractivity contribution is 5.82. The molecule has 0 bridgehead atoms. The Labute approximate surface area is 125 Å². The van der Waals surface area contributed by atoms with Gasteiger partial charge >= 0.3 is 0 Å². The van der Waals surface area contributed by atoms with Crippen LogP contribution < -0.4 is 21.5 Å². The van der Waals surface area contributed by atoms with E-state index >= 15 is 0 Å². The largest absolute Gasteiger partial charge is 0.508 e. The quantitative estimate of drug-likeness (QED) is 0.551. The minimum atomic E-state index is -0.633. The fourth-order valence-electron chi connectivity index (χ4n) is 2.09. The molecule has 0 fully saturated rings. The molecule has 0 amide bonds. The summed E-state index contributed by atoms with van der Waals surface area (Å²) in [6.45, 7) is 0. The second-order valence-electron chi connectivity index (χ2n) is 4.76. The Bertz CT molecular complexity index is 835. The van der Waals surface area contributed by atoms with Crippen LogP contribution in [-0.2, 0) is 0 Å². The number of rotatable bonds is 4. The second-order valence-corrected chi connectivity index (χ2v) is 4.76. The molecule has 4 N–H and O–H groups in total. The van der Waals surface area contributed by atoms with Crippen LogP contribution in [0.3, 0.4) is 0 Å². The van der Waals surface area contributed by atoms with Crippen LogP contribution in [0.4, 0.5) is 22.7 Å². The highest BCUT2D eigenvalue weighted by atomic mass is 16.3. The number of phenolic OH excluding ortho intramolecular Hbond substituents is 2. The van der Waals surface area contributed by atoms with Crippen LogP contribution in [0.5, 0.6) is 11.5 Å². The van der Waals surface area contributed by atoms with Gasteiger partial charge in [-0.25, -0.2) is 0 Å². The number of benzene rings is 2. The molecule has 3 aromatic carbocycles. The maximum Gasteiger partial charge on any atom is 0.253 e. The number of phenols is 2. The topological polar surface area (TPSA) is 98.7 Å². The minimum Gasteiger partial charge on any atom is -0.508 e. The van der Waals surface area contributed by atoms with Crippen molar-refractivity contribution in [1.29, 1.82) is 0 Å². The van der Waals surface area contributed by atoms with E-state index in [9.17, 15) is 19.8 Å². The molecule has 3 rings (SSSR count). The molecular formula is C16H12N2O4. The van der Waals surface area contributed by atoms with E-state index in [1.54, 1.807) is 24.3 Å². The summed E-state index contributed by atoms with van der Waals surface area (Å²) in [6.07, 6.45) is 0. The first-order valence-electron chi connectivity index (χ1n) is 6.50. The highest BCUT2D eigenvalue weighted by Gasteiger charge is 2.21. The van der Waals surface area contributed by atoms with Crippen molar-refractivity contribution < 1.29 is 10.2 Å². The Hall–Kier alpha value is -3.28. The molecule has 0 radical (unpaired) electrons. The Morgan fingerprint density at radius 3 is 1.45 bits per heavy atom. The van der Waals surface area contributed by atoms with Crippen LogP contribution in [0.1, 0.15) is 0 Å². The summed E-state index contributed by atoms with van der Waals surface area (Å²) >= 11 is 0. The summed E-state index contributed by atoms with van der Waals surface area (Å²) in [5, 5.41) is 24.4. The lowest BCUT2D eigenvalue weighted by Gasteiger charge is -2.15. The molecule has 0 aliphatic heterocycles. The molecule has 3 aromatic rings. The van der Waals surface area contributed by atoms with Gasteiger partial charge in [-0.2, -0.15) is 0 Å². The summed E-state index contributed by atoms with van der Waals surface area (Å²) in [4.78, 5) is 23.4. The van der Waals surface area contributed by atoms with Crippen molar-refractivity contribution >= 4 is 22.7 Å². The standard InChI is InChI=1S/C16H12N2O4/c19-11-5-1-3-9(7-11)17-13-14(16(22)15(13)21)18-10-4-2-6-12(20)8-10/h1-8,17-20H. The highest BCUT2D eigenvalue weighted by Crippen LogP contribution is 2.26. The van der Waals surface area contributed by atoms with Crippen molar-refractivity contribution in [2.75, 3.05) is 10.6 Å². The predicted molar refractivity (Wildman–Crippen MR) is 84.1 cm³/mol. The van der Waals surface area contributed by atoms with Gasteiger partial charge in [0.15, 0.2) is 0 Å². The number of hydrogen-bond acceptors (Lipinski definition) is 6. The lowest BCUT2D eigenvalue weighted by atomic mass is 10.1. The van der Waals surface area contributed by atoms with Crippen LogP contribution in [-0.4, -0.2) is 10.2 Å². The molecule has 0 spiro atoms. The summed E-state index contributed by atoms with van der Waals surface area (Å²) in [7, 11) is 0. The third kappa shape index (κ3) is 2.49. The third-order valence-electron chi connectivity index (χ3n) is 3.14. The van der Waals surface area contributed by atoms with Crippen molar-refractivity contribution in [3.05, 3.63) is 69.0 Å². The summed E-state index contributed by atoms with van der Waals surface area (Å²) in [5.41, 5.74) is -0.0352. The van der Waals surface area contributed by atoms with Crippen molar-refractivity contribution in [2.45, 2.75) is 0 Å². The monoisotopic (exact) mass is 296 g/mol. The van der Waals surface area contributed by atoms with Gasteiger partial charge in [-0.15, -0.1) is 0 Å². The minimum absolute atomic E-state index is 0.0474. The predicted octanol–water partition coefficient (Wildman–Crippen LogP) is 2.18. The van der Waals surface area contributed by atoms with Crippen molar-refractivity contribution in [3.8, 4) is 11.5 Å². The van der Waals surface area contributed by atoms with Crippen molar-refractivity contribution in [3.63, 3.8) is 0 Å². The fraction of sp³-hybridized carbons (Fsp3) is 0. The zero-order valence-corrected chi connectivity index (χ0v) is 11.3. The third-order valence-corrected chi connectivity index (χ3v) is 3.14. The van der Waals surface area contributed by atoms with Crippen LogP contribution in [0.2, 0.25) is 0 Å². The molecule has 22 heavy (non-hydrogen) atoms. The summed E-state index contributed by atoms with van der Waals surface area (Å²) in [6, 6.07) is 12.4. The van der Waals surface area contributed by atoms with Gasteiger partial charge in [0.25, 0.3) is 10.9 Å². The van der Waals surface area contributed by atoms with E-state index in [0.717, 1.165) is 0 Å². The normalized spacial score (nSPS) is 10.5. The number of anilines is 4. The first-order chi connectivity index (χ1) is 10.5. The first-order valence-corrected chi connectivity index (χ1v) is 6.50. The molecule has 6 heteroatoms. The van der Waals surface area contributed by atoms with Gasteiger partial charge < -0.3 is 20.8 Å². The van der Waals surface area contributed by atoms with Gasteiger partial charge in [0.2, 0.25) is 0 Å². The smallest absolute Gasteiger partial charge is 0.253 e. The molecule has 0 heterocycles. The molecule has 110 valence electrons. The van der Waals surface area contributed by atoms with Gasteiger partial charge in [-0.05, 0) is 24.3 Å². The number of nitrogens with one attached hydrogen (secondary N) is 2. The van der Waals surface area contributed by atoms with Crippen LogP contribution in [0, 0.1) is 0 Å². The Morgan fingerprint density at radius 1 is 0.682 bits per heavy atom. The van der Waals surface area contributed by atoms with Gasteiger partial charge in [-0.1, -0.05) is 12.1 Å². The van der Waals surface area contributed by atoms with E-state index in [4.69, 9.17) is 0 Å². The Balaban J connectivity index is 1.89. The zero-order chi connectivity index (χ0) is 15.7.